The number of aromatic amines is 1. The smallest absolute Gasteiger partial charge is 0.329 e. The van der Waals surface area contributed by atoms with Crippen molar-refractivity contribution in [3.63, 3.8) is 0 Å². The first kappa shape index (κ1) is 16.5. The second-order valence-electron chi connectivity index (χ2n) is 5.76. The lowest BCUT2D eigenvalue weighted by atomic mass is 10.3. The van der Waals surface area contributed by atoms with Crippen LogP contribution in [-0.2, 0) is 4.79 Å². The number of hydrogen-bond donors (Lipinski definition) is 2. The molecule has 4 rings (SSSR count). The van der Waals surface area contributed by atoms with E-state index in [1.165, 1.54) is 16.7 Å². The van der Waals surface area contributed by atoms with Crippen molar-refractivity contribution in [1.29, 1.82) is 0 Å². The molecule has 2 aromatic heterocycles. The van der Waals surface area contributed by atoms with Gasteiger partial charge < -0.3 is 14.7 Å². The van der Waals surface area contributed by atoms with Crippen LogP contribution in [0.15, 0.2) is 56.8 Å². The third-order valence-electron chi connectivity index (χ3n) is 3.86. The van der Waals surface area contributed by atoms with Crippen LogP contribution in [0.1, 0.15) is 19.1 Å². The first-order valence-electron chi connectivity index (χ1n) is 8.21. The molecule has 0 radical (unpaired) electrons. The number of amides is 3. The number of carbonyl (C=O) groups is 2. The van der Waals surface area contributed by atoms with Gasteiger partial charge in [-0.25, -0.2) is 9.78 Å². The summed E-state index contributed by atoms with van der Waals surface area (Å²) in [5.41, 5.74) is 2.07. The number of imide groups is 1. The zero-order chi connectivity index (χ0) is 18.1. The maximum atomic E-state index is 12.2. The quantitative estimate of drug-likeness (QED) is 0.530. The molecule has 1 aromatic carbocycles. The molecule has 0 unspecified atom stereocenters. The minimum absolute atomic E-state index is 0.220. The summed E-state index contributed by atoms with van der Waals surface area (Å²) in [7, 11) is 0. The summed E-state index contributed by atoms with van der Waals surface area (Å²) in [6.45, 7) is 2.31. The fraction of sp³-hybridized carbons (Fsp3) is 0.167. The molecule has 3 amide bonds. The summed E-state index contributed by atoms with van der Waals surface area (Å²) in [5.74, 6) is 0.158. The van der Waals surface area contributed by atoms with E-state index in [1.807, 2.05) is 31.2 Å². The summed E-state index contributed by atoms with van der Waals surface area (Å²) < 4.78 is 5.73. The lowest BCUT2D eigenvalue weighted by molar-refractivity contribution is -0.122. The van der Waals surface area contributed by atoms with Crippen molar-refractivity contribution in [2.45, 2.75) is 23.6 Å². The van der Waals surface area contributed by atoms with Crippen LogP contribution in [0.3, 0.4) is 0 Å². The van der Waals surface area contributed by atoms with Crippen LogP contribution in [0.2, 0.25) is 0 Å². The Balaban J connectivity index is 1.51. The van der Waals surface area contributed by atoms with E-state index in [2.05, 4.69) is 15.3 Å². The molecule has 7 nitrogen and oxygen atoms in total. The number of H-pyrrole nitrogens is 1. The predicted molar refractivity (Wildman–Crippen MR) is 97.4 cm³/mol. The number of carbonyl (C=O) groups excluding carboxylic acids is 2. The van der Waals surface area contributed by atoms with Crippen LogP contribution in [0.25, 0.3) is 17.1 Å². The lowest BCUT2D eigenvalue weighted by Crippen LogP contribution is -2.31. The number of nitrogens with one attached hydrogen (secondary N) is 2. The molecule has 1 fully saturated rings. The van der Waals surface area contributed by atoms with E-state index in [9.17, 15) is 9.59 Å². The third kappa shape index (κ3) is 3.11. The van der Waals surface area contributed by atoms with Gasteiger partial charge >= 0.3 is 6.03 Å². The molecule has 0 bridgehead atoms. The molecule has 26 heavy (non-hydrogen) atoms. The van der Waals surface area contributed by atoms with Gasteiger partial charge in [-0.2, -0.15) is 0 Å². The number of para-hydroxylation sites is 2. The average molecular weight is 368 g/mol. The molecular weight excluding hydrogens is 352 g/mol. The molecule has 1 aliphatic rings. The van der Waals surface area contributed by atoms with Crippen molar-refractivity contribution in [1.82, 2.24) is 20.2 Å². The molecule has 2 N–H and O–H groups in total. The monoisotopic (exact) mass is 368 g/mol. The number of hydrogen-bond acceptors (Lipinski definition) is 5. The Morgan fingerprint density at radius 3 is 2.88 bits per heavy atom. The van der Waals surface area contributed by atoms with Gasteiger partial charge in [-0.3, -0.25) is 9.69 Å². The predicted octanol–water partition coefficient (Wildman–Crippen LogP) is 3.61. The lowest BCUT2D eigenvalue weighted by Gasteiger charge is -2.08. The minimum Gasteiger partial charge on any atom is -0.450 e. The molecule has 8 heteroatoms. The second-order valence-corrected chi connectivity index (χ2v) is 6.76. The molecule has 3 aromatic rings. The molecular formula is C18H16N4O3S. The highest BCUT2D eigenvalue weighted by Gasteiger charge is 2.32. The number of nitrogens with zero attached hydrogens (tertiary/aromatic N) is 2. The zero-order valence-electron chi connectivity index (χ0n) is 14.0. The number of aromatic nitrogens is 2. The number of furan rings is 1. The maximum Gasteiger partial charge on any atom is 0.329 e. The van der Waals surface area contributed by atoms with Gasteiger partial charge in [0.05, 0.1) is 11.0 Å². The molecule has 3 heterocycles. The van der Waals surface area contributed by atoms with Crippen molar-refractivity contribution in [2.75, 3.05) is 6.54 Å². The maximum absolute atomic E-state index is 12.2. The van der Waals surface area contributed by atoms with Crippen LogP contribution in [-0.4, -0.2) is 33.4 Å². The number of rotatable bonds is 5. The molecule has 1 aliphatic heterocycles. The minimum atomic E-state index is -0.397. The van der Waals surface area contributed by atoms with Gasteiger partial charge in [0.25, 0.3) is 5.91 Å². The first-order chi connectivity index (χ1) is 12.6. The van der Waals surface area contributed by atoms with E-state index in [4.69, 9.17) is 4.42 Å². The third-order valence-corrected chi connectivity index (χ3v) is 4.67. The van der Waals surface area contributed by atoms with Gasteiger partial charge in [-0.05, 0) is 42.4 Å². The largest absolute Gasteiger partial charge is 0.450 e. The summed E-state index contributed by atoms with van der Waals surface area (Å²) in [6, 6.07) is 10.9. The molecule has 1 saturated heterocycles. The fourth-order valence-electron chi connectivity index (χ4n) is 2.68. The summed E-state index contributed by atoms with van der Waals surface area (Å²) in [4.78, 5) is 32.9. The van der Waals surface area contributed by atoms with Gasteiger partial charge in [0, 0.05) is 12.6 Å². The number of benzene rings is 1. The number of fused-ring (bicyclic) bond motifs is 1. The number of urea groups is 1. The second kappa shape index (κ2) is 6.72. The topological polar surface area (TPSA) is 91.2 Å². The Hall–Kier alpha value is -3.00. The van der Waals surface area contributed by atoms with Crippen LogP contribution in [0.5, 0.6) is 0 Å². The highest BCUT2D eigenvalue weighted by Crippen LogP contribution is 2.29. The molecule has 132 valence electrons. The van der Waals surface area contributed by atoms with Crippen molar-refractivity contribution in [3.8, 4) is 0 Å². The Bertz CT molecular complexity index is 987. The highest BCUT2D eigenvalue weighted by molar-refractivity contribution is 7.99. The first-order valence-corrected chi connectivity index (χ1v) is 9.02. The standard InChI is InChI=1S/C18H16N4O3S/c1-2-9-22-16(23)14(21-18(22)24)10-11-7-8-15(25-11)26-17-19-12-5-3-4-6-13(12)20-17/h3-8,10H,2,9H2,1H3,(H,19,20)(H,21,24)/b14-10+. The summed E-state index contributed by atoms with van der Waals surface area (Å²) in [5, 5.41) is 3.94. The molecule has 0 spiro atoms. The van der Waals surface area contributed by atoms with Gasteiger partial charge in [0.1, 0.15) is 11.5 Å². The molecule has 0 saturated carbocycles. The van der Waals surface area contributed by atoms with E-state index >= 15 is 0 Å². The van der Waals surface area contributed by atoms with Gasteiger partial charge in [0.2, 0.25) is 0 Å². The van der Waals surface area contributed by atoms with Gasteiger partial charge in [-0.15, -0.1) is 0 Å². The summed E-state index contributed by atoms with van der Waals surface area (Å²) in [6.07, 6.45) is 2.25. The van der Waals surface area contributed by atoms with E-state index in [-0.39, 0.29) is 11.6 Å². The Kier molecular flexibility index (Phi) is 4.26. The van der Waals surface area contributed by atoms with E-state index < -0.39 is 6.03 Å². The van der Waals surface area contributed by atoms with Crippen LogP contribution >= 0.6 is 11.8 Å². The van der Waals surface area contributed by atoms with Crippen molar-refractivity contribution < 1.29 is 14.0 Å². The van der Waals surface area contributed by atoms with Crippen molar-refractivity contribution in [3.05, 3.63) is 47.9 Å². The van der Waals surface area contributed by atoms with Crippen molar-refractivity contribution >= 4 is 40.8 Å². The Morgan fingerprint density at radius 1 is 1.23 bits per heavy atom. The SMILES string of the molecule is CCCN1C(=O)N/C(=C/c2ccc(Sc3nc4ccccc4[nH]3)o2)C1=O. The van der Waals surface area contributed by atoms with E-state index in [1.54, 1.807) is 18.2 Å². The normalized spacial score (nSPS) is 16.0. The Morgan fingerprint density at radius 2 is 2.08 bits per heavy atom. The van der Waals surface area contributed by atoms with Crippen LogP contribution in [0, 0.1) is 0 Å². The zero-order valence-corrected chi connectivity index (χ0v) is 14.8. The Labute approximate surface area is 153 Å². The van der Waals surface area contributed by atoms with Crippen LogP contribution < -0.4 is 5.32 Å². The fourth-order valence-corrected chi connectivity index (χ4v) is 3.45. The number of imidazole rings is 1. The van der Waals surface area contributed by atoms with E-state index in [0.29, 0.717) is 23.8 Å². The van der Waals surface area contributed by atoms with Gasteiger partial charge in [-0.1, -0.05) is 19.1 Å². The molecule has 0 atom stereocenters. The average Bonchev–Trinajstić information content (AvgIpc) is 3.30. The highest BCUT2D eigenvalue weighted by atomic mass is 32.2. The summed E-state index contributed by atoms with van der Waals surface area (Å²) >= 11 is 1.36. The van der Waals surface area contributed by atoms with Gasteiger partial charge in [0.15, 0.2) is 10.2 Å². The molecule has 0 aliphatic carbocycles. The van der Waals surface area contributed by atoms with Crippen LogP contribution in [0.4, 0.5) is 4.79 Å². The van der Waals surface area contributed by atoms with Crippen molar-refractivity contribution in [2.24, 2.45) is 0 Å². The van der Waals surface area contributed by atoms with E-state index in [0.717, 1.165) is 16.2 Å².